The molecule has 2 heteroatoms. The highest BCUT2D eigenvalue weighted by molar-refractivity contribution is 9.08. The monoisotopic (exact) mass is 237 g/mol. The number of hydrogen-bond donors (Lipinski definition) is 0. The van der Waals surface area contributed by atoms with Gasteiger partial charge in [0.1, 0.15) is 0 Å². The van der Waals surface area contributed by atoms with Gasteiger partial charge in [0.2, 0.25) is 0 Å². The summed E-state index contributed by atoms with van der Waals surface area (Å²) in [5.74, 6) is 0. The van der Waals surface area contributed by atoms with Gasteiger partial charge in [-0.1, -0.05) is 34.1 Å². The van der Waals surface area contributed by atoms with Crippen molar-refractivity contribution in [2.45, 2.75) is 11.8 Å². The van der Waals surface area contributed by atoms with E-state index in [1.54, 1.807) is 0 Å². The highest BCUT2D eigenvalue weighted by Crippen LogP contribution is 2.19. The minimum atomic E-state index is 0.934. The molecular formula is C11H12BrN. The fourth-order valence-electron chi connectivity index (χ4n) is 1.48. The van der Waals surface area contributed by atoms with Gasteiger partial charge in [0.05, 0.1) is 0 Å². The van der Waals surface area contributed by atoms with Gasteiger partial charge in [0.25, 0.3) is 0 Å². The van der Waals surface area contributed by atoms with Crippen LogP contribution < -0.4 is 4.90 Å². The molecule has 0 saturated heterocycles. The number of nitrogens with zero attached hydrogens (tertiary/aromatic N) is 1. The van der Waals surface area contributed by atoms with Gasteiger partial charge in [-0.25, -0.2) is 0 Å². The zero-order chi connectivity index (χ0) is 9.10. The summed E-state index contributed by atoms with van der Waals surface area (Å²) in [6.45, 7) is 1.12. The number of rotatable bonds is 2. The van der Waals surface area contributed by atoms with Crippen LogP contribution in [0.5, 0.6) is 0 Å². The van der Waals surface area contributed by atoms with Gasteiger partial charge in [-0.05, 0) is 24.1 Å². The van der Waals surface area contributed by atoms with Crippen molar-refractivity contribution in [2.75, 3.05) is 11.4 Å². The highest BCUT2D eigenvalue weighted by atomic mass is 79.9. The summed E-state index contributed by atoms with van der Waals surface area (Å²) in [6, 6.07) is 8.67. The molecular weight excluding hydrogens is 226 g/mol. The molecule has 0 bridgehead atoms. The molecule has 0 aromatic heterocycles. The van der Waals surface area contributed by atoms with Gasteiger partial charge < -0.3 is 4.90 Å². The standard InChI is InChI=1S/C11H12BrN/c12-9-10-3-5-11(6-4-10)13-7-1-2-8-13/h1,3-7H,2,8-9H2. The van der Waals surface area contributed by atoms with E-state index in [0.717, 1.165) is 11.9 Å². The van der Waals surface area contributed by atoms with Crippen molar-refractivity contribution in [1.29, 1.82) is 0 Å². The lowest BCUT2D eigenvalue weighted by molar-refractivity contribution is 0.999. The Bertz CT molecular complexity index is 302. The molecule has 1 aliphatic heterocycles. The van der Waals surface area contributed by atoms with Gasteiger partial charge >= 0.3 is 0 Å². The van der Waals surface area contributed by atoms with E-state index in [1.165, 1.54) is 17.7 Å². The molecule has 1 aliphatic rings. The molecule has 13 heavy (non-hydrogen) atoms. The van der Waals surface area contributed by atoms with Gasteiger partial charge in [-0.2, -0.15) is 0 Å². The quantitative estimate of drug-likeness (QED) is 0.714. The molecule has 0 fully saturated rings. The second kappa shape index (κ2) is 3.97. The summed E-state index contributed by atoms with van der Waals surface area (Å²) in [5, 5.41) is 0.934. The Kier molecular flexibility index (Phi) is 2.69. The van der Waals surface area contributed by atoms with Crippen LogP contribution in [0.1, 0.15) is 12.0 Å². The summed E-state index contributed by atoms with van der Waals surface area (Å²) in [6.07, 6.45) is 5.53. The number of benzene rings is 1. The molecule has 0 atom stereocenters. The summed E-state index contributed by atoms with van der Waals surface area (Å²) < 4.78 is 0. The van der Waals surface area contributed by atoms with Crippen molar-refractivity contribution in [1.82, 2.24) is 0 Å². The van der Waals surface area contributed by atoms with Crippen LogP contribution in [-0.4, -0.2) is 6.54 Å². The van der Waals surface area contributed by atoms with E-state index in [9.17, 15) is 0 Å². The predicted molar refractivity (Wildman–Crippen MR) is 60.2 cm³/mol. The number of alkyl halides is 1. The first-order valence-corrected chi connectivity index (χ1v) is 5.60. The minimum absolute atomic E-state index is 0.934. The molecule has 1 aromatic carbocycles. The zero-order valence-corrected chi connectivity index (χ0v) is 9.00. The van der Waals surface area contributed by atoms with E-state index in [2.05, 4.69) is 57.4 Å². The second-order valence-corrected chi connectivity index (χ2v) is 3.73. The highest BCUT2D eigenvalue weighted by Gasteiger charge is 2.05. The van der Waals surface area contributed by atoms with Gasteiger partial charge in [-0.3, -0.25) is 0 Å². The van der Waals surface area contributed by atoms with Crippen molar-refractivity contribution < 1.29 is 0 Å². The van der Waals surface area contributed by atoms with E-state index >= 15 is 0 Å². The lowest BCUT2D eigenvalue weighted by atomic mass is 10.2. The smallest absolute Gasteiger partial charge is 0.0406 e. The molecule has 0 spiro atoms. The molecule has 0 radical (unpaired) electrons. The lowest BCUT2D eigenvalue weighted by Gasteiger charge is -2.15. The Labute approximate surface area is 87.2 Å². The van der Waals surface area contributed by atoms with Crippen LogP contribution in [0.15, 0.2) is 36.5 Å². The van der Waals surface area contributed by atoms with Crippen molar-refractivity contribution in [3.63, 3.8) is 0 Å². The number of hydrogen-bond acceptors (Lipinski definition) is 1. The van der Waals surface area contributed by atoms with Crippen molar-refractivity contribution in [3.05, 3.63) is 42.1 Å². The SMILES string of the molecule is BrCc1ccc(N2C=CCC2)cc1. The van der Waals surface area contributed by atoms with Gasteiger partial charge in [0, 0.05) is 23.8 Å². The maximum Gasteiger partial charge on any atom is 0.0406 e. The number of halogens is 1. The van der Waals surface area contributed by atoms with Crippen LogP contribution in [0.25, 0.3) is 0 Å². The lowest BCUT2D eigenvalue weighted by Crippen LogP contribution is -2.11. The third-order valence-electron chi connectivity index (χ3n) is 2.24. The maximum atomic E-state index is 3.44. The molecule has 0 amide bonds. The van der Waals surface area contributed by atoms with E-state index in [1.807, 2.05) is 0 Å². The second-order valence-electron chi connectivity index (χ2n) is 3.17. The summed E-state index contributed by atoms with van der Waals surface area (Å²) in [7, 11) is 0. The summed E-state index contributed by atoms with van der Waals surface area (Å²) in [4.78, 5) is 2.28. The number of anilines is 1. The average Bonchev–Trinajstić information content (AvgIpc) is 2.71. The third-order valence-corrected chi connectivity index (χ3v) is 2.89. The van der Waals surface area contributed by atoms with E-state index in [4.69, 9.17) is 0 Å². The molecule has 1 heterocycles. The molecule has 0 N–H and O–H groups in total. The molecule has 0 saturated carbocycles. The largest absolute Gasteiger partial charge is 0.348 e. The normalized spacial score (nSPS) is 15.3. The zero-order valence-electron chi connectivity index (χ0n) is 7.41. The molecule has 0 unspecified atom stereocenters. The molecule has 0 aliphatic carbocycles. The van der Waals surface area contributed by atoms with Crippen molar-refractivity contribution in [2.24, 2.45) is 0 Å². The average molecular weight is 238 g/mol. The third kappa shape index (κ3) is 1.94. The predicted octanol–water partition coefficient (Wildman–Crippen LogP) is 3.31. The van der Waals surface area contributed by atoms with Crippen LogP contribution in [0.3, 0.4) is 0 Å². The van der Waals surface area contributed by atoms with Crippen LogP contribution in [0, 0.1) is 0 Å². The summed E-state index contributed by atoms with van der Waals surface area (Å²) in [5.41, 5.74) is 2.62. The first-order chi connectivity index (χ1) is 6.40. The fourth-order valence-corrected chi connectivity index (χ4v) is 1.86. The van der Waals surface area contributed by atoms with Crippen LogP contribution in [0.4, 0.5) is 5.69 Å². The maximum absolute atomic E-state index is 3.44. The Morgan fingerprint density at radius 3 is 2.54 bits per heavy atom. The van der Waals surface area contributed by atoms with Crippen molar-refractivity contribution in [3.8, 4) is 0 Å². The summed E-state index contributed by atoms with van der Waals surface area (Å²) >= 11 is 3.44. The Hall–Kier alpha value is -0.760. The molecule has 68 valence electrons. The van der Waals surface area contributed by atoms with Crippen LogP contribution in [0.2, 0.25) is 0 Å². The molecule has 1 aromatic rings. The molecule has 1 nitrogen and oxygen atoms in total. The Morgan fingerprint density at radius 2 is 2.00 bits per heavy atom. The topological polar surface area (TPSA) is 3.24 Å². The van der Waals surface area contributed by atoms with Gasteiger partial charge in [0.15, 0.2) is 0 Å². The van der Waals surface area contributed by atoms with Crippen LogP contribution >= 0.6 is 15.9 Å². The minimum Gasteiger partial charge on any atom is -0.348 e. The van der Waals surface area contributed by atoms with E-state index in [-0.39, 0.29) is 0 Å². The molecule has 2 rings (SSSR count). The van der Waals surface area contributed by atoms with Crippen LogP contribution in [-0.2, 0) is 5.33 Å². The first kappa shape index (κ1) is 8.82. The Balaban J connectivity index is 2.17. The fraction of sp³-hybridized carbons (Fsp3) is 0.273. The van der Waals surface area contributed by atoms with E-state index in [0.29, 0.717) is 0 Å². The van der Waals surface area contributed by atoms with E-state index < -0.39 is 0 Å². The van der Waals surface area contributed by atoms with Gasteiger partial charge in [-0.15, -0.1) is 0 Å². The van der Waals surface area contributed by atoms with Crippen molar-refractivity contribution >= 4 is 21.6 Å². The Morgan fingerprint density at radius 1 is 1.23 bits per heavy atom. The first-order valence-electron chi connectivity index (χ1n) is 4.48.